The first-order chi connectivity index (χ1) is 7.65. The third kappa shape index (κ3) is 3.36. The molecule has 0 heterocycles. The van der Waals surface area contributed by atoms with E-state index in [1.54, 1.807) is 18.2 Å². The molecule has 94 valence electrons. The van der Waals surface area contributed by atoms with Crippen LogP contribution in [-0.2, 0) is 0 Å². The highest BCUT2D eigenvalue weighted by atomic mass is 28.4. The smallest absolute Gasteiger partial charge is 0.250 e. The summed E-state index contributed by atoms with van der Waals surface area (Å²) in [6, 6.07) is 5.24. The van der Waals surface area contributed by atoms with E-state index in [-0.39, 0.29) is 10.8 Å². The van der Waals surface area contributed by atoms with Gasteiger partial charge in [0.15, 0.2) is 0 Å². The van der Waals surface area contributed by atoms with Gasteiger partial charge >= 0.3 is 0 Å². The molecule has 1 N–H and O–H groups in total. The van der Waals surface area contributed by atoms with Crippen molar-refractivity contribution in [2.45, 2.75) is 38.9 Å². The molecule has 0 saturated heterocycles. The molecule has 0 fully saturated rings. The lowest BCUT2D eigenvalue weighted by Gasteiger charge is -2.36. The fourth-order valence-electron chi connectivity index (χ4n) is 1.23. The number of benzene rings is 1. The Morgan fingerprint density at radius 1 is 1.24 bits per heavy atom. The first-order valence-electron chi connectivity index (χ1n) is 5.81. The van der Waals surface area contributed by atoms with Gasteiger partial charge in [0.2, 0.25) is 8.32 Å². The Balaban J connectivity index is 3.03. The average Bonchev–Trinajstić information content (AvgIpc) is 2.14. The van der Waals surface area contributed by atoms with Crippen LogP contribution in [-0.4, -0.2) is 13.4 Å². The van der Waals surface area contributed by atoms with E-state index in [0.29, 0.717) is 0 Å². The summed E-state index contributed by atoms with van der Waals surface area (Å²) in [4.78, 5) is 0. The molecule has 1 aromatic carbocycles. The zero-order chi connectivity index (χ0) is 13.3. The SMILES string of the molecule is C=Cc1cc(O)cc(O[Si](C)(C)C(C)(C)C)c1. The second-order valence-electron chi connectivity index (χ2n) is 5.83. The fraction of sp³-hybridized carbons (Fsp3) is 0.429. The van der Waals surface area contributed by atoms with Gasteiger partial charge in [-0.2, -0.15) is 0 Å². The molecule has 1 aromatic rings. The Bertz CT molecular complexity index is 417. The Kier molecular flexibility index (Phi) is 3.72. The number of hydrogen-bond donors (Lipinski definition) is 1. The normalized spacial score (nSPS) is 12.3. The number of hydrogen-bond acceptors (Lipinski definition) is 2. The first kappa shape index (κ1) is 13.8. The highest BCUT2D eigenvalue weighted by Crippen LogP contribution is 2.38. The predicted molar refractivity (Wildman–Crippen MR) is 76.0 cm³/mol. The van der Waals surface area contributed by atoms with Crippen molar-refractivity contribution in [2.75, 3.05) is 0 Å². The lowest BCUT2D eigenvalue weighted by Crippen LogP contribution is -2.43. The number of phenols is 1. The molecule has 3 heteroatoms. The van der Waals surface area contributed by atoms with E-state index in [2.05, 4.69) is 40.4 Å². The van der Waals surface area contributed by atoms with Crippen molar-refractivity contribution < 1.29 is 9.53 Å². The zero-order valence-electron chi connectivity index (χ0n) is 11.4. The zero-order valence-corrected chi connectivity index (χ0v) is 12.4. The van der Waals surface area contributed by atoms with Crippen molar-refractivity contribution in [1.82, 2.24) is 0 Å². The molecule has 0 aliphatic heterocycles. The van der Waals surface area contributed by atoms with Crippen LogP contribution < -0.4 is 4.43 Å². The number of aromatic hydroxyl groups is 1. The highest BCUT2D eigenvalue weighted by Gasteiger charge is 2.39. The van der Waals surface area contributed by atoms with Crippen LogP contribution in [0.2, 0.25) is 18.1 Å². The van der Waals surface area contributed by atoms with Crippen LogP contribution in [0.3, 0.4) is 0 Å². The lowest BCUT2D eigenvalue weighted by molar-refractivity contribution is 0.461. The molecule has 2 nitrogen and oxygen atoms in total. The van der Waals surface area contributed by atoms with E-state index >= 15 is 0 Å². The van der Waals surface area contributed by atoms with Gasteiger partial charge in [-0.1, -0.05) is 33.4 Å². The van der Waals surface area contributed by atoms with Gasteiger partial charge in [0.1, 0.15) is 11.5 Å². The Morgan fingerprint density at radius 2 is 1.82 bits per heavy atom. The second-order valence-corrected chi connectivity index (χ2v) is 10.6. The van der Waals surface area contributed by atoms with Crippen LogP contribution in [0, 0.1) is 0 Å². The van der Waals surface area contributed by atoms with Gasteiger partial charge < -0.3 is 9.53 Å². The van der Waals surface area contributed by atoms with E-state index in [1.807, 2.05) is 6.07 Å². The maximum absolute atomic E-state index is 9.61. The minimum atomic E-state index is -1.85. The Morgan fingerprint density at radius 3 is 2.29 bits per heavy atom. The minimum absolute atomic E-state index is 0.146. The summed E-state index contributed by atoms with van der Waals surface area (Å²) in [5, 5.41) is 9.76. The van der Waals surface area contributed by atoms with Crippen LogP contribution in [0.5, 0.6) is 11.5 Å². The van der Waals surface area contributed by atoms with Crippen molar-refractivity contribution in [1.29, 1.82) is 0 Å². The van der Waals surface area contributed by atoms with Crippen molar-refractivity contribution in [3.05, 3.63) is 30.3 Å². The molecule has 0 aliphatic rings. The quantitative estimate of drug-likeness (QED) is 0.805. The minimum Gasteiger partial charge on any atom is -0.543 e. The maximum Gasteiger partial charge on any atom is 0.250 e. The van der Waals surface area contributed by atoms with Gasteiger partial charge in [-0.15, -0.1) is 0 Å². The van der Waals surface area contributed by atoms with E-state index in [1.165, 1.54) is 0 Å². The molecule has 17 heavy (non-hydrogen) atoms. The van der Waals surface area contributed by atoms with Crippen LogP contribution in [0.15, 0.2) is 24.8 Å². The molecule has 0 amide bonds. The fourth-order valence-corrected chi connectivity index (χ4v) is 2.24. The van der Waals surface area contributed by atoms with E-state index < -0.39 is 8.32 Å². The monoisotopic (exact) mass is 250 g/mol. The third-order valence-electron chi connectivity index (χ3n) is 3.33. The molecule has 0 unspecified atom stereocenters. The van der Waals surface area contributed by atoms with Crippen molar-refractivity contribution in [3.8, 4) is 11.5 Å². The van der Waals surface area contributed by atoms with Crippen LogP contribution in [0.4, 0.5) is 0 Å². The van der Waals surface area contributed by atoms with Crippen LogP contribution >= 0.6 is 0 Å². The molecule has 0 aromatic heterocycles. The lowest BCUT2D eigenvalue weighted by atomic mass is 10.2. The number of rotatable bonds is 3. The van der Waals surface area contributed by atoms with Crippen LogP contribution in [0.1, 0.15) is 26.3 Å². The molecule has 0 atom stereocenters. The summed E-state index contributed by atoms with van der Waals surface area (Å²) < 4.78 is 6.12. The highest BCUT2D eigenvalue weighted by molar-refractivity contribution is 6.74. The summed E-state index contributed by atoms with van der Waals surface area (Å²) >= 11 is 0. The Labute approximate surface area is 105 Å². The van der Waals surface area contributed by atoms with Crippen LogP contribution in [0.25, 0.3) is 6.08 Å². The maximum atomic E-state index is 9.61. The molecule has 0 radical (unpaired) electrons. The predicted octanol–water partition coefficient (Wildman–Crippen LogP) is 4.42. The van der Waals surface area contributed by atoms with E-state index in [4.69, 9.17) is 4.43 Å². The van der Waals surface area contributed by atoms with Gasteiger partial charge in [0, 0.05) is 6.07 Å². The van der Waals surface area contributed by atoms with Crippen molar-refractivity contribution >= 4 is 14.4 Å². The molecular formula is C14H22O2Si. The van der Waals surface area contributed by atoms with E-state index in [9.17, 15) is 5.11 Å². The molecule has 0 spiro atoms. The van der Waals surface area contributed by atoms with Gasteiger partial charge in [0.25, 0.3) is 0 Å². The van der Waals surface area contributed by atoms with Gasteiger partial charge in [0.05, 0.1) is 0 Å². The summed E-state index contributed by atoms with van der Waals surface area (Å²) in [5.74, 6) is 0.947. The van der Waals surface area contributed by atoms with Gasteiger partial charge in [-0.25, -0.2) is 0 Å². The third-order valence-corrected chi connectivity index (χ3v) is 7.69. The number of phenolic OH excluding ortho intramolecular Hbond substituents is 1. The summed E-state index contributed by atoms with van der Waals surface area (Å²) in [5.41, 5.74) is 0.874. The topological polar surface area (TPSA) is 29.5 Å². The first-order valence-corrected chi connectivity index (χ1v) is 8.72. The molecule has 1 rings (SSSR count). The second kappa shape index (κ2) is 4.57. The molecule has 0 aliphatic carbocycles. The summed E-state index contributed by atoms with van der Waals surface area (Å²) in [6.07, 6.45) is 1.71. The summed E-state index contributed by atoms with van der Waals surface area (Å²) in [6.45, 7) is 14.6. The molecule has 0 saturated carbocycles. The van der Waals surface area contributed by atoms with Crippen molar-refractivity contribution in [3.63, 3.8) is 0 Å². The van der Waals surface area contributed by atoms with Crippen molar-refractivity contribution in [2.24, 2.45) is 0 Å². The largest absolute Gasteiger partial charge is 0.543 e. The van der Waals surface area contributed by atoms with Gasteiger partial charge in [-0.05, 0) is 35.8 Å². The molecular weight excluding hydrogens is 228 g/mol. The summed E-state index contributed by atoms with van der Waals surface area (Å²) in [7, 11) is -1.85. The molecule has 0 bridgehead atoms. The Hall–Kier alpha value is -1.22. The average molecular weight is 250 g/mol. The standard InChI is InChI=1S/C14H22O2Si/c1-7-11-8-12(15)10-13(9-11)16-17(5,6)14(2,3)4/h7-10,15H,1H2,2-6H3. The van der Waals surface area contributed by atoms with E-state index in [0.717, 1.165) is 11.3 Å². The van der Waals surface area contributed by atoms with Gasteiger partial charge in [-0.3, -0.25) is 0 Å².